The highest BCUT2D eigenvalue weighted by molar-refractivity contribution is 7.80. The van der Waals surface area contributed by atoms with Crippen LogP contribution in [-0.4, -0.2) is 30.4 Å². The average Bonchev–Trinajstić information content (AvgIpc) is 2.75. The number of unbranched alkanes of at least 4 members (excludes halogenated alkanes) is 3. The van der Waals surface area contributed by atoms with Crippen LogP contribution < -0.4 is 0 Å². The minimum Gasteiger partial charge on any atom is -0.465 e. The van der Waals surface area contributed by atoms with Gasteiger partial charge in [-0.3, -0.25) is 9.59 Å². The monoisotopic (exact) mass is 444 g/mol. The molecule has 3 atom stereocenters. The Morgan fingerprint density at radius 3 is 1.63 bits per heavy atom. The maximum Gasteiger partial charge on any atom is 0.305 e. The van der Waals surface area contributed by atoms with E-state index in [2.05, 4.69) is 40.3 Å². The first-order valence-electron chi connectivity index (χ1n) is 12.5. The van der Waals surface area contributed by atoms with Crippen LogP contribution in [0.4, 0.5) is 0 Å². The van der Waals surface area contributed by atoms with Crippen molar-refractivity contribution >= 4 is 24.6 Å². The Hall–Kier alpha value is -0.710. The van der Waals surface area contributed by atoms with E-state index >= 15 is 0 Å². The molecule has 0 aromatic heterocycles. The zero-order chi connectivity index (χ0) is 22.6. The van der Waals surface area contributed by atoms with Gasteiger partial charge in [0, 0.05) is 18.1 Å². The smallest absolute Gasteiger partial charge is 0.305 e. The number of hydrogen-bond acceptors (Lipinski definition) is 5. The summed E-state index contributed by atoms with van der Waals surface area (Å²) >= 11 is 4.59. The molecular weight excluding hydrogens is 396 g/mol. The SMILES string of the molecule is CCCCC(CC)COC(=O)CCCCC(S)CCC(=O)OCC(CC)CCCC. The normalized spacial score (nSPS) is 14.2. The lowest BCUT2D eigenvalue weighted by Crippen LogP contribution is -2.15. The van der Waals surface area contributed by atoms with E-state index in [0.717, 1.165) is 51.4 Å². The molecule has 0 amide bonds. The average molecular weight is 445 g/mol. The second-order valence-electron chi connectivity index (χ2n) is 8.64. The highest BCUT2D eigenvalue weighted by atomic mass is 32.1. The quantitative estimate of drug-likeness (QED) is 0.123. The number of ether oxygens (including phenoxy) is 2. The lowest BCUT2D eigenvalue weighted by molar-refractivity contribution is -0.146. The van der Waals surface area contributed by atoms with Crippen molar-refractivity contribution in [3.8, 4) is 0 Å². The molecule has 0 aliphatic rings. The Bertz CT molecular complexity index is 427. The van der Waals surface area contributed by atoms with Crippen LogP contribution in [-0.2, 0) is 19.1 Å². The fourth-order valence-electron chi connectivity index (χ4n) is 3.44. The number of thiol groups is 1. The van der Waals surface area contributed by atoms with Crippen molar-refractivity contribution in [3.63, 3.8) is 0 Å². The van der Waals surface area contributed by atoms with Crippen molar-refractivity contribution in [3.05, 3.63) is 0 Å². The highest BCUT2D eigenvalue weighted by Gasteiger charge is 2.13. The van der Waals surface area contributed by atoms with Gasteiger partial charge in [0.25, 0.3) is 0 Å². The fourth-order valence-corrected chi connectivity index (χ4v) is 3.75. The second kappa shape index (κ2) is 20.2. The summed E-state index contributed by atoms with van der Waals surface area (Å²) in [6, 6.07) is 0. The summed E-state index contributed by atoms with van der Waals surface area (Å²) < 4.78 is 10.9. The summed E-state index contributed by atoms with van der Waals surface area (Å²) in [5.41, 5.74) is 0. The Morgan fingerprint density at radius 2 is 1.17 bits per heavy atom. The van der Waals surface area contributed by atoms with Crippen molar-refractivity contribution < 1.29 is 19.1 Å². The molecule has 0 aliphatic heterocycles. The highest BCUT2D eigenvalue weighted by Crippen LogP contribution is 2.17. The van der Waals surface area contributed by atoms with Gasteiger partial charge in [-0.2, -0.15) is 12.6 Å². The van der Waals surface area contributed by atoms with E-state index in [4.69, 9.17) is 9.47 Å². The topological polar surface area (TPSA) is 52.6 Å². The van der Waals surface area contributed by atoms with E-state index in [1.54, 1.807) is 0 Å². The number of carbonyl (C=O) groups is 2. The third kappa shape index (κ3) is 17.0. The molecule has 178 valence electrons. The first-order valence-corrected chi connectivity index (χ1v) is 13.0. The van der Waals surface area contributed by atoms with Gasteiger partial charge in [0.15, 0.2) is 0 Å². The molecule has 0 aliphatic carbocycles. The predicted octanol–water partition coefficient (Wildman–Crippen LogP) is 7.14. The Labute approximate surface area is 191 Å². The maximum atomic E-state index is 12.0. The molecule has 0 bridgehead atoms. The number of esters is 2. The summed E-state index contributed by atoms with van der Waals surface area (Å²) in [6.45, 7) is 9.79. The Balaban J connectivity index is 3.77. The molecule has 0 fully saturated rings. The Morgan fingerprint density at radius 1 is 0.667 bits per heavy atom. The molecule has 0 heterocycles. The van der Waals surface area contributed by atoms with Crippen molar-refractivity contribution in [2.45, 2.75) is 123 Å². The Kier molecular flexibility index (Phi) is 19.7. The molecule has 0 radical (unpaired) electrons. The lowest BCUT2D eigenvalue weighted by Gasteiger charge is -2.15. The van der Waals surface area contributed by atoms with Crippen LogP contribution in [0.2, 0.25) is 0 Å². The molecule has 0 rings (SSSR count). The van der Waals surface area contributed by atoms with E-state index in [0.29, 0.717) is 37.9 Å². The van der Waals surface area contributed by atoms with Crippen LogP contribution in [0.1, 0.15) is 118 Å². The summed E-state index contributed by atoms with van der Waals surface area (Å²) in [5, 5.41) is 0.175. The van der Waals surface area contributed by atoms with E-state index in [-0.39, 0.29) is 17.2 Å². The van der Waals surface area contributed by atoms with E-state index < -0.39 is 0 Å². The molecule has 4 nitrogen and oxygen atoms in total. The van der Waals surface area contributed by atoms with Gasteiger partial charge < -0.3 is 9.47 Å². The van der Waals surface area contributed by atoms with Gasteiger partial charge in [0.05, 0.1) is 13.2 Å². The predicted molar refractivity (Wildman–Crippen MR) is 129 cm³/mol. The van der Waals surface area contributed by atoms with Gasteiger partial charge in [-0.1, -0.05) is 72.6 Å². The van der Waals surface area contributed by atoms with Gasteiger partial charge >= 0.3 is 11.9 Å². The van der Waals surface area contributed by atoms with Gasteiger partial charge in [0.2, 0.25) is 0 Å². The second-order valence-corrected chi connectivity index (χ2v) is 9.37. The third-order valence-corrected chi connectivity index (χ3v) is 6.41. The lowest BCUT2D eigenvalue weighted by atomic mass is 10.0. The number of hydrogen-bond donors (Lipinski definition) is 1. The summed E-state index contributed by atoms with van der Waals surface area (Å²) in [6.07, 6.45) is 13.5. The van der Waals surface area contributed by atoms with Gasteiger partial charge in [0.1, 0.15) is 0 Å². The largest absolute Gasteiger partial charge is 0.465 e. The molecule has 3 unspecified atom stereocenters. The van der Waals surface area contributed by atoms with Crippen LogP contribution in [0.15, 0.2) is 0 Å². The maximum absolute atomic E-state index is 12.0. The molecule has 0 aromatic carbocycles. The minimum absolute atomic E-state index is 0.0854. The molecule has 5 heteroatoms. The molecule has 0 spiro atoms. The van der Waals surface area contributed by atoms with Crippen LogP contribution >= 0.6 is 12.6 Å². The van der Waals surface area contributed by atoms with Crippen LogP contribution in [0, 0.1) is 11.8 Å². The van der Waals surface area contributed by atoms with E-state index in [1.165, 1.54) is 25.7 Å². The molecule has 30 heavy (non-hydrogen) atoms. The van der Waals surface area contributed by atoms with Crippen LogP contribution in [0.25, 0.3) is 0 Å². The fraction of sp³-hybridized carbons (Fsp3) is 0.920. The van der Waals surface area contributed by atoms with Gasteiger partial charge in [-0.05, 0) is 43.9 Å². The zero-order valence-electron chi connectivity index (χ0n) is 20.1. The van der Waals surface area contributed by atoms with Crippen molar-refractivity contribution in [1.29, 1.82) is 0 Å². The van der Waals surface area contributed by atoms with Crippen molar-refractivity contribution in [1.82, 2.24) is 0 Å². The number of rotatable bonds is 20. The molecule has 0 N–H and O–H groups in total. The zero-order valence-corrected chi connectivity index (χ0v) is 21.0. The first kappa shape index (κ1) is 29.3. The van der Waals surface area contributed by atoms with Crippen molar-refractivity contribution in [2.75, 3.05) is 13.2 Å². The van der Waals surface area contributed by atoms with E-state index in [1.807, 2.05) is 0 Å². The van der Waals surface area contributed by atoms with Crippen molar-refractivity contribution in [2.24, 2.45) is 11.8 Å². The van der Waals surface area contributed by atoms with Gasteiger partial charge in [-0.15, -0.1) is 0 Å². The standard InChI is InChI=1S/C25H48O4S/c1-5-9-13-21(7-3)19-28-24(26)16-12-11-15-23(30)17-18-25(27)29-20-22(8-4)14-10-6-2/h21-23,30H,5-20H2,1-4H3. The minimum atomic E-state index is -0.110. The molecule has 0 saturated heterocycles. The van der Waals surface area contributed by atoms with E-state index in [9.17, 15) is 9.59 Å². The molecule has 0 saturated carbocycles. The van der Waals surface area contributed by atoms with Gasteiger partial charge in [-0.25, -0.2) is 0 Å². The molecule has 0 aromatic rings. The van der Waals surface area contributed by atoms with Crippen LogP contribution in [0.5, 0.6) is 0 Å². The number of carbonyl (C=O) groups excluding carboxylic acids is 2. The summed E-state index contributed by atoms with van der Waals surface area (Å²) in [5.74, 6) is 0.786. The van der Waals surface area contributed by atoms with Crippen LogP contribution in [0.3, 0.4) is 0 Å². The summed E-state index contributed by atoms with van der Waals surface area (Å²) in [4.78, 5) is 23.9. The molecular formula is C25H48O4S. The third-order valence-electron chi connectivity index (χ3n) is 5.90. The summed E-state index contributed by atoms with van der Waals surface area (Å²) in [7, 11) is 0. The first-order chi connectivity index (χ1) is 14.5.